The molecule has 0 aliphatic rings. The quantitative estimate of drug-likeness (QED) is 0.672. The van der Waals surface area contributed by atoms with Crippen LogP contribution >= 0.6 is 0 Å². The van der Waals surface area contributed by atoms with Crippen LogP contribution in [-0.4, -0.2) is 9.55 Å². The highest BCUT2D eigenvalue weighted by atomic mass is 15.1. The van der Waals surface area contributed by atoms with Gasteiger partial charge in [-0.05, 0) is 26.7 Å². The van der Waals surface area contributed by atoms with Crippen LogP contribution in [0.15, 0.2) is 0 Å². The van der Waals surface area contributed by atoms with Crippen molar-refractivity contribution in [1.82, 2.24) is 9.55 Å². The SMILES string of the molecule is CCCCCCCCCc1nc(C)n(CC)c1N. The molecule has 1 rings (SSSR count). The fourth-order valence-corrected chi connectivity index (χ4v) is 2.48. The van der Waals surface area contributed by atoms with Gasteiger partial charge in [-0.1, -0.05) is 45.4 Å². The average Bonchev–Trinajstić information content (AvgIpc) is 2.63. The Morgan fingerprint density at radius 1 is 1.00 bits per heavy atom. The van der Waals surface area contributed by atoms with Gasteiger partial charge in [0, 0.05) is 6.54 Å². The lowest BCUT2D eigenvalue weighted by atomic mass is 10.1. The monoisotopic (exact) mass is 251 g/mol. The lowest BCUT2D eigenvalue weighted by Crippen LogP contribution is -2.03. The van der Waals surface area contributed by atoms with E-state index in [0.717, 1.165) is 30.3 Å². The zero-order chi connectivity index (χ0) is 13.4. The van der Waals surface area contributed by atoms with Crippen LogP contribution in [-0.2, 0) is 13.0 Å². The van der Waals surface area contributed by atoms with E-state index in [0.29, 0.717) is 0 Å². The molecule has 0 aromatic carbocycles. The molecule has 2 N–H and O–H groups in total. The average molecular weight is 251 g/mol. The Morgan fingerprint density at radius 3 is 2.17 bits per heavy atom. The summed E-state index contributed by atoms with van der Waals surface area (Å²) in [6.45, 7) is 7.33. The van der Waals surface area contributed by atoms with E-state index in [1.54, 1.807) is 0 Å². The number of aryl methyl sites for hydroxylation is 2. The van der Waals surface area contributed by atoms with E-state index >= 15 is 0 Å². The maximum absolute atomic E-state index is 6.10. The molecular weight excluding hydrogens is 222 g/mol. The van der Waals surface area contributed by atoms with E-state index in [9.17, 15) is 0 Å². The zero-order valence-corrected chi connectivity index (χ0v) is 12.3. The van der Waals surface area contributed by atoms with E-state index in [1.807, 2.05) is 6.92 Å². The van der Waals surface area contributed by atoms with Gasteiger partial charge < -0.3 is 10.3 Å². The maximum atomic E-state index is 6.10. The smallest absolute Gasteiger partial charge is 0.126 e. The first kappa shape index (κ1) is 15.1. The summed E-state index contributed by atoms with van der Waals surface area (Å²) in [6, 6.07) is 0. The second-order valence-electron chi connectivity index (χ2n) is 5.11. The molecule has 0 atom stereocenters. The number of nitrogens with zero attached hydrogens (tertiary/aromatic N) is 2. The second kappa shape index (κ2) is 8.17. The summed E-state index contributed by atoms with van der Waals surface area (Å²) in [5.41, 5.74) is 7.20. The second-order valence-corrected chi connectivity index (χ2v) is 5.11. The first-order valence-electron chi connectivity index (χ1n) is 7.52. The number of hydrogen-bond acceptors (Lipinski definition) is 2. The van der Waals surface area contributed by atoms with Crippen molar-refractivity contribution in [1.29, 1.82) is 0 Å². The van der Waals surface area contributed by atoms with Crippen LogP contribution in [0.2, 0.25) is 0 Å². The van der Waals surface area contributed by atoms with Crippen LogP contribution in [0, 0.1) is 6.92 Å². The van der Waals surface area contributed by atoms with Crippen LogP contribution in [0.4, 0.5) is 5.82 Å². The summed E-state index contributed by atoms with van der Waals surface area (Å²) in [5.74, 6) is 1.92. The van der Waals surface area contributed by atoms with Gasteiger partial charge in [-0.25, -0.2) is 4.98 Å². The Labute approximate surface area is 112 Å². The number of anilines is 1. The minimum atomic E-state index is 0.876. The number of nitrogen functional groups attached to an aromatic ring is 1. The van der Waals surface area contributed by atoms with E-state index < -0.39 is 0 Å². The number of unbranched alkanes of at least 4 members (excludes halogenated alkanes) is 6. The van der Waals surface area contributed by atoms with Crippen molar-refractivity contribution < 1.29 is 0 Å². The summed E-state index contributed by atoms with van der Waals surface area (Å²) in [5, 5.41) is 0. The van der Waals surface area contributed by atoms with E-state index in [4.69, 9.17) is 5.73 Å². The van der Waals surface area contributed by atoms with Gasteiger partial charge in [0.2, 0.25) is 0 Å². The van der Waals surface area contributed by atoms with Crippen molar-refractivity contribution in [2.45, 2.75) is 78.7 Å². The van der Waals surface area contributed by atoms with Crippen molar-refractivity contribution >= 4 is 5.82 Å². The van der Waals surface area contributed by atoms with Crippen LogP contribution < -0.4 is 5.73 Å². The number of imidazole rings is 1. The van der Waals surface area contributed by atoms with E-state index in [2.05, 4.69) is 23.4 Å². The Balaban J connectivity index is 2.23. The van der Waals surface area contributed by atoms with Gasteiger partial charge >= 0.3 is 0 Å². The van der Waals surface area contributed by atoms with Gasteiger partial charge in [-0.3, -0.25) is 0 Å². The van der Waals surface area contributed by atoms with Crippen molar-refractivity contribution in [2.24, 2.45) is 0 Å². The third kappa shape index (κ3) is 4.35. The Morgan fingerprint density at radius 2 is 1.61 bits per heavy atom. The molecule has 0 saturated heterocycles. The molecular formula is C15H29N3. The largest absolute Gasteiger partial charge is 0.384 e. The summed E-state index contributed by atoms with van der Waals surface area (Å²) >= 11 is 0. The van der Waals surface area contributed by atoms with Crippen molar-refractivity contribution in [3.63, 3.8) is 0 Å². The third-order valence-electron chi connectivity index (χ3n) is 3.61. The van der Waals surface area contributed by atoms with Crippen molar-refractivity contribution in [3.8, 4) is 0 Å². The van der Waals surface area contributed by atoms with E-state index in [1.165, 1.54) is 44.9 Å². The summed E-state index contributed by atoms with van der Waals surface area (Å²) in [6.07, 6.45) is 10.4. The van der Waals surface area contributed by atoms with Crippen LogP contribution in [0.25, 0.3) is 0 Å². The summed E-state index contributed by atoms with van der Waals surface area (Å²) in [7, 11) is 0. The molecule has 0 amide bonds. The highest BCUT2D eigenvalue weighted by Crippen LogP contribution is 2.17. The lowest BCUT2D eigenvalue weighted by Gasteiger charge is -2.03. The fourth-order valence-electron chi connectivity index (χ4n) is 2.48. The summed E-state index contributed by atoms with van der Waals surface area (Å²) < 4.78 is 2.09. The van der Waals surface area contributed by atoms with Crippen LogP contribution in [0.5, 0.6) is 0 Å². The molecule has 0 aliphatic heterocycles. The van der Waals surface area contributed by atoms with Gasteiger partial charge in [-0.15, -0.1) is 0 Å². The minimum absolute atomic E-state index is 0.876. The summed E-state index contributed by atoms with van der Waals surface area (Å²) in [4.78, 5) is 4.57. The van der Waals surface area contributed by atoms with Gasteiger partial charge in [0.05, 0.1) is 5.69 Å². The Bertz CT molecular complexity index is 342. The molecule has 0 unspecified atom stereocenters. The van der Waals surface area contributed by atoms with Crippen LogP contribution in [0.1, 0.15) is 70.3 Å². The predicted molar refractivity (Wildman–Crippen MR) is 78.7 cm³/mol. The highest BCUT2D eigenvalue weighted by molar-refractivity contribution is 5.38. The maximum Gasteiger partial charge on any atom is 0.126 e. The van der Waals surface area contributed by atoms with Gasteiger partial charge in [0.1, 0.15) is 11.6 Å². The molecule has 0 bridgehead atoms. The molecule has 0 saturated carbocycles. The van der Waals surface area contributed by atoms with E-state index in [-0.39, 0.29) is 0 Å². The van der Waals surface area contributed by atoms with Crippen LogP contribution in [0.3, 0.4) is 0 Å². The Kier molecular flexibility index (Phi) is 6.84. The predicted octanol–water partition coefficient (Wildman–Crippen LogP) is 4.09. The highest BCUT2D eigenvalue weighted by Gasteiger charge is 2.09. The van der Waals surface area contributed by atoms with Gasteiger partial charge in [0.25, 0.3) is 0 Å². The molecule has 1 aromatic heterocycles. The minimum Gasteiger partial charge on any atom is -0.384 e. The lowest BCUT2D eigenvalue weighted by molar-refractivity contribution is 0.588. The van der Waals surface area contributed by atoms with Gasteiger partial charge in [-0.2, -0.15) is 0 Å². The van der Waals surface area contributed by atoms with Gasteiger partial charge in [0.15, 0.2) is 0 Å². The molecule has 0 fully saturated rings. The van der Waals surface area contributed by atoms with Crippen molar-refractivity contribution in [2.75, 3.05) is 5.73 Å². The molecule has 3 heteroatoms. The Hall–Kier alpha value is -0.990. The molecule has 0 aliphatic carbocycles. The number of nitrogens with two attached hydrogens (primary N) is 1. The molecule has 0 spiro atoms. The normalized spacial score (nSPS) is 11.1. The topological polar surface area (TPSA) is 43.8 Å². The molecule has 18 heavy (non-hydrogen) atoms. The standard InChI is InChI=1S/C15H29N3/c1-4-6-7-8-9-10-11-12-14-15(16)18(5-2)13(3)17-14/h4-12,16H2,1-3H3. The number of rotatable bonds is 9. The zero-order valence-electron chi connectivity index (χ0n) is 12.3. The molecule has 0 radical (unpaired) electrons. The molecule has 3 nitrogen and oxygen atoms in total. The third-order valence-corrected chi connectivity index (χ3v) is 3.61. The first-order valence-corrected chi connectivity index (χ1v) is 7.52. The molecule has 1 heterocycles. The number of hydrogen-bond donors (Lipinski definition) is 1. The van der Waals surface area contributed by atoms with Crippen molar-refractivity contribution in [3.05, 3.63) is 11.5 Å². The number of aromatic nitrogens is 2. The first-order chi connectivity index (χ1) is 8.70. The molecule has 104 valence electrons. The fraction of sp³-hybridized carbons (Fsp3) is 0.800. The molecule has 1 aromatic rings.